The van der Waals surface area contributed by atoms with Crippen LogP contribution in [0.4, 0.5) is 0 Å². The Kier molecular flexibility index (Phi) is 17.1. The van der Waals surface area contributed by atoms with Gasteiger partial charge in [-0.3, -0.25) is 0 Å². The monoisotopic (exact) mass is 516 g/mol. The summed E-state index contributed by atoms with van der Waals surface area (Å²) in [4.78, 5) is 0. The van der Waals surface area contributed by atoms with Gasteiger partial charge in [0, 0.05) is 16.5 Å². The third kappa shape index (κ3) is 13.9. The van der Waals surface area contributed by atoms with Gasteiger partial charge in [-0.1, -0.05) is 102 Å². The number of hydrogen-bond acceptors (Lipinski definition) is 3. The SMILES string of the molecule is CCCCCCCCc1ccc(OS(=O)Oc2ccc(CCCCCCCC)cc2)cc1.[Ni]. The second-order valence-electron chi connectivity index (χ2n) is 8.69. The Morgan fingerprint density at radius 3 is 1.24 bits per heavy atom. The Morgan fingerprint density at radius 1 is 0.545 bits per heavy atom. The van der Waals surface area contributed by atoms with Gasteiger partial charge in [0.25, 0.3) is 0 Å². The van der Waals surface area contributed by atoms with E-state index in [0.717, 1.165) is 12.8 Å². The van der Waals surface area contributed by atoms with Crippen molar-refractivity contribution in [3.8, 4) is 11.5 Å². The molecule has 2 aromatic carbocycles. The molecule has 0 heterocycles. The fourth-order valence-electron chi connectivity index (χ4n) is 3.82. The van der Waals surface area contributed by atoms with Gasteiger partial charge in [0.15, 0.2) is 0 Å². The Labute approximate surface area is 214 Å². The van der Waals surface area contributed by atoms with Crippen LogP contribution in [0.15, 0.2) is 48.5 Å². The molecular weight excluding hydrogens is 475 g/mol. The molecule has 0 fully saturated rings. The van der Waals surface area contributed by atoms with Crippen LogP contribution in [-0.2, 0) is 40.7 Å². The van der Waals surface area contributed by atoms with Crippen LogP contribution in [0.3, 0.4) is 0 Å². The molecule has 0 N–H and O–H groups in total. The van der Waals surface area contributed by atoms with Gasteiger partial charge >= 0.3 is 11.4 Å². The van der Waals surface area contributed by atoms with Crippen molar-refractivity contribution in [1.29, 1.82) is 0 Å². The number of rotatable bonds is 18. The van der Waals surface area contributed by atoms with E-state index >= 15 is 0 Å². The van der Waals surface area contributed by atoms with Gasteiger partial charge < -0.3 is 8.37 Å². The third-order valence-corrected chi connectivity index (χ3v) is 6.47. The van der Waals surface area contributed by atoms with Crippen LogP contribution in [-0.4, -0.2) is 4.21 Å². The second-order valence-corrected chi connectivity index (χ2v) is 9.44. The number of aryl methyl sites for hydroxylation is 2. The van der Waals surface area contributed by atoms with Crippen LogP contribution in [0.1, 0.15) is 102 Å². The molecule has 0 radical (unpaired) electrons. The van der Waals surface area contributed by atoms with Crippen molar-refractivity contribution in [2.75, 3.05) is 0 Å². The predicted molar refractivity (Wildman–Crippen MR) is 136 cm³/mol. The molecule has 0 saturated carbocycles. The molecule has 33 heavy (non-hydrogen) atoms. The zero-order chi connectivity index (χ0) is 22.9. The summed E-state index contributed by atoms with van der Waals surface area (Å²) in [6, 6.07) is 15.7. The number of unbranched alkanes of at least 4 members (excludes halogenated alkanes) is 10. The standard InChI is InChI=1S/C28H42O3S.Ni/c1-3-5-7-9-11-13-15-25-17-21-27(22-18-25)30-32(29)31-28-23-19-26(20-24-28)16-14-12-10-8-6-4-2;/h17-24H,3-16H2,1-2H3;. The van der Waals surface area contributed by atoms with E-state index in [1.54, 1.807) is 0 Å². The maximum Gasteiger partial charge on any atom is 0.417 e. The molecule has 0 aliphatic carbocycles. The average molecular weight is 517 g/mol. The van der Waals surface area contributed by atoms with Crippen LogP contribution in [0.25, 0.3) is 0 Å². The topological polar surface area (TPSA) is 35.5 Å². The molecular formula is C28H42NiO3S. The van der Waals surface area contributed by atoms with E-state index in [2.05, 4.69) is 38.1 Å². The summed E-state index contributed by atoms with van der Waals surface area (Å²) >= 11 is -1.86. The summed E-state index contributed by atoms with van der Waals surface area (Å²) < 4.78 is 23.1. The largest absolute Gasteiger partial charge is 0.417 e. The van der Waals surface area contributed by atoms with Crippen molar-refractivity contribution in [3.63, 3.8) is 0 Å². The van der Waals surface area contributed by atoms with Gasteiger partial charge in [0.2, 0.25) is 0 Å². The Hall–Kier alpha value is -1.32. The fourth-order valence-corrected chi connectivity index (χ4v) is 4.39. The molecule has 0 saturated heterocycles. The minimum absolute atomic E-state index is 0. The third-order valence-electron chi connectivity index (χ3n) is 5.81. The molecule has 0 unspecified atom stereocenters. The molecule has 0 aliphatic rings. The first-order valence-electron chi connectivity index (χ1n) is 12.7. The Bertz CT molecular complexity index is 683. The molecule has 0 aromatic heterocycles. The summed E-state index contributed by atoms with van der Waals surface area (Å²) in [5, 5.41) is 0. The van der Waals surface area contributed by atoms with Crippen LogP contribution < -0.4 is 8.37 Å². The summed E-state index contributed by atoms with van der Waals surface area (Å²) in [5.74, 6) is 1.13. The maximum atomic E-state index is 12.2. The maximum absolute atomic E-state index is 12.2. The van der Waals surface area contributed by atoms with Gasteiger partial charge in [-0.05, 0) is 61.1 Å². The van der Waals surface area contributed by atoms with Crippen molar-refractivity contribution in [1.82, 2.24) is 0 Å². The molecule has 188 valence electrons. The summed E-state index contributed by atoms with van der Waals surface area (Å²) in [7, 11) is 0. The van der Waals surface area contributed by atoms with Gasteiger partial charge in [0.1, 0.15) is 11.5 Å². The van der Waals surface area contributed by atoms with Crippen LogP contribution >= 0.6 is 0 Å². The van der Waals surface area contributed by atoms with Crippen molar-refractivity contribution in [2.45, 2.75) is 104 Å². The normalized spacial score (nSPS) is 10.8. The quantitative estimate of drug-likeness (QED) is 0.147. The van der Waals surface area contributed by atoms with Gasteiger partial charge in [-0.25, -0.2) is 0 Å². The minimum atomic E-state index is -1.86. The first-order chi connectivity index (χ1) is 15.7. The van der Waals surface area contributed by atoms with E-state index in [9.17, 15) is 4.21 Å². The molecule has 0 bridgehead atoms. The molecule has 0 amide bonds. The smallest absolute Gasteiger partial charge is 0.371 e. The average Bonchev–Trinajstić information content (AvgIpc) is 2.80. The second kappa shape index (κ2) is 19.0. The minimum Gasteiger partial charge on any atom is -0.371 e. The summed E-state index contributed by atoms with van der Waals surface area (Å²) in [6.45, 7) is 4.49. The van der Waals surface area contributed by atoms with E-state index in [4.69, 9.17) is 8.37 Å². The van der Waals surface area contributed by atoms with Crippen LogP contribution in [0.2, 0.25) is 0 Å². The molecule has 0 atom stereocenters. The van der Waals surface area contributed by atoms with Crippen molar-refractivity contribution < 1.29 is 29.1 Å². The van der Waals surface area contributed by atoms with Gasteiger partial charge in [-0.2, -0.15) is 4.21 Å². The van der Waals surface area contributed by atoms with Gasteiger partial charge in [-0.15, -0.1) is 0 Å². The molecule has 2 aromatic rings. The van der Waals surface area contributed by atoms with Crippen molar-refractivity contribution in [2.24, 2.45) is 0 Å². The summed E-state index contributed by atoms with van der Waals surface area (Å²) in [5.41, 5.74) is 2.58. The van der Waals surface area contributed by atoms with Crippen molar-refractivity contribution >= 4 is 11.4 Å². The van der Waals surface area contributed by atoms with Crippen LogP contribution in [0.5, 0.6) is 11.5 Å². The van der Waals surface area contributed by atoms with E-state index in [0.29, 0.717) is 11.5 Å². The zero-order valence-electron chi connectivity index (χ0n) is 20.5. The fraction of sp³-hybridized carbons (Fsp3) is 0.571. The molecule has 5 heteroatoms. The van der Waals surface area contributed by atoms with E-state index in [-0.39, 0.29) is 16.5 Å². The molecule has 0 spiro atoms. The first-order valence-corrected chi connectivity index (χ1v) is 13.7. The molecule has 3 nitrogen and oxygen atoms in total. The predicted octanol–water partition coefficient (Wildman–Crippen LogP) is 8.53. The Morgan fingerprint density at radius 2 is 0.879 bits per heavy atom. The molecule has 0 aliphatic heterocycles. The zero-order valence-corrected chi connectivity index (χ0v) is 22.3. The van der Waals surface area contributed by atoms with E-state index < -0.39 is 11.4 Å². The Balaban J connectivity index is 0.00000544. The van der Waals surface area contributed by atoms with Gasteiger partial charge in [0.05, 0.1) is 0 Å². The van der Waals surface area contributed by atoms with E-state index in [1.807, 2.05) is 24.3 Å². The van der Waals surface area contributed by atoms with Crippen molar-refractivity contribution in [3.05, 3.63) is 59.7 Å². The number of benzene rings is 2. The first kappa shape index (κ1) is 29.7. The summed E-state index contributed by atoms with van der Waals surface area (Å²) in [6.07, 6.45) is 17.8. The van der Waals surface area contributed by atoms with Crippen LogP contribution in [0, 0.1) is 0 Å². The number of hydrogen-bond donors (Lipinski definition) is 0. The molecule has 2 rings (SSSR count). The van der Waals surface area contributed by atoms with E-state index in [1.165, 1.54) is 88.2 Å².